The minimum atomic E-state index is -1.20. The first-order valence-corrected chi connectivity index (χ1v) is 27.5. The quantitative estimate of drug-likeness (QED) is 0.0261. The molecule has 1 rings (SSSR count). The Labute approximate surface area is 434 Å². The molecule has 2 atom stereocenters. The van der Waals surface area contributed by atoms with Crippen molar-refractivity contribution in [3.05, 3.63) is 0 Å². The average molecular weight is 1050 g/mol. The van der Waals surface area contributed by atoms with Gasteiger partial charge in [0.15, 0.2) is 0 Å². The fourth-order valence-corrected chi connectivity index (χ4v) is 8.42. The fourth-order valence-electron chi connectivity index (χ4n) is 8.18. The number of ether oxygens (including phenoxy) is 3. The second kappa shape index (κ2) is 45.6. The van der Waals surface area contributed by atoms with Crippen molar-refractivity contribution < 1.29 is 67.9 Å². The van der Waals surface area contributed by atoms with Crippen LogP contribution in [0.1, 0.15) is 186 Å². The summed E-state index contributed by atoms with van der Waals surface area (Å²) in [6.07, 6.45) is 23.1. The molecule has 1 saturated heterocycles. The predicted molar refractivity (Wildman–Crippen MR) is 276 cm³/mol. The number of piperidine rings is 1. The van der Waals surface area contributed by atoms with E-state index < -0.39 is 30.0 Å². The van der Waals surface area contributed by atoms with Crippen molar-refractivity contribution in [3.8, 4) is 0 Å². The Bertz CT molecular complexity index is 1510. The zero-order valence-electron chi connectivity index (χ0n) is 43.2. The van der Waals surface area contributed by atoms with Gasteiger partial charge in [0.1, 0.15) is 12.1 Å². The van der Waals surface area contributed by atoms with E-state index in [1.807, 2.05) is 4.90 Å². The van der Waals surface area contributed by atoms with Crippen LogP contribution in [0, 0.1) is 5.92 Å². The first-order valence-electron chi connectivity index (χ1n) is 27.0. The van der Waals surface area contributed by atoms with E-state index >= 15 is 0 Å². The molecule has 8 N–H and O–H groups in total. The second-order valence-electron chi connectivity index (χ2n) is 18.8. The van der Waals surface area contributed by atoms with Gasteiger partial charge in [0.25, 0.3) is 0 Å². The molecular weight excluding hydrogens is 953 g/mol. The Morgan fingerprint density at radius 1 is 0.458 bits per heavy atom. The van der Waals surface area contributed by atoms with E-state index in [-0.39, 0.29) is 67.6 Å². The van der Waals surface area contributed by atoms with Gasteiger partial charge in [-0.15, -0.1) is 0 Å². The number of thiol groups is 1. The van der Waals surface area contributed by atoms with E-state index in [0.29, 0.717) is 124 Å². The molecule has 0 radical (unpaired) electrons. The summed E-state index contributed by atoms with van der Waals surface area (Å²) in [6.45, 7) is 4.42. The number of likely N-dealkylation sites (tertiary alicyclic amines) is 1. The van der Waals surface area contributed by atoms with Crippen molar-refractivity contribution in [1.29, 1.82) is 0 Å². The summed E-state index contributed by atoms with van der Waals surface area (Å²) in [5, 5.41) is 38.2. The molecule has 21 heteroatoms. The molecule has 72 heavy (non-hydrogen) atoms. The van der Waals surface area contributed by atoms with Gasteiger partial charge in [0, 0.05) is 84.0 Å². The molecular formula is C51H92N6O14S. The number of unbranched alkanes of at least 4 members (excludes halogenated alkanes) is 16. The Morgan fingerprint density at radius 3 is 1.29 bits per heavy atom. The first kappa shape index (κ1) is 66.0. The summed E-state index contributed by atoms with van der Waals surface area (Å²) in [4.78, 5) is 97.3. The maximum absolute atomic E-state index is 13.0. The molecule has 0 spiro atoms. The molecule has 1 aliphatic heterocycles. The van der Waals surface area contributed by atoms with Crippen LogP contribution in [-0.2, 0) is 52.6 Å². The standard InChI is InChI=1S/C51H92N6O14S/c58-44(53-31-19-35-69-37-39-71-40-38-70-36-20-32-54-46(60)27-26-45(59)52-30-18-17-21-43(56-72)51(67)68)25-24-42(50(65)66)55-49(64)41-28-33-57(34-29-41)47(61)22-15-13-11-9-7-5-3-1-2-4-6-8-10-12-14-16-23-48(62)63/h41-43,56,72H,1-40H2,(H,52,59)(H,53,58)(H,54,60)(H,55,64)(H,62,63)(H,65,66)(H,67,68)/t42-,43-/m0/s1. The number of nitrogens with zero attached hydrogens (tertiary/aromatic N) is 1. The van der Waals surface area contributed by atoms with Gasteiger partial charge in [-0.2, -0.15) is 0 Å². The monoisotopic (exact) mass is 1040 g/mol. The summed E-state index contributed by atoms with van der Waals surface area (Å²) in [7, 11) is 0. The highest BCUT2D eigenvalue weighted by molar-refractivity contribution is 7.78. The molecule has 0 aromatic heterocycles. The highest BCUT2D eigenvalue weighted by atomic mass is 32.1. The van der Waals surface area contributed by atoms with Crippen LogP contribution in [-0.4, -0.2) is 152 Å². The Balaban J connectivity index is 1.97. The van der Waals surface area contributed by atoms with E-state index in [1.54, 1.807) is 0 Å². The highest BCUT2D eigenvalue weighted by Crippen LogP contribution is 2.20. The SMILES string of the molecule is O=C(O)CCCCCCCCCCCCCCCCCCC(=O)N1CCC(C(=O)N[C@@H](CCC(=O)NCCCOCCOCCOCCCNC(=O)CCC(=O)NCCCC[C@H](NS)C(=O)O)C(=O)O)CC1. The van der Waals surface area contributed by atoms with Gasteiger partial charge in [-0.05, 0) is 64.2 Å². The normalized spacial score (nSPS) is 13.5. The largest absolute Gasteiger partial charge is 0.481 e. The second-order valence-corrected chi connectivity index (χ2v) is 19.0. The van der Waals surface area contributed by atoms with E-state index in [1.165, 1.54) is 64.2 Å². The average Bonchev–Trinajstić information content (AvgIpc) is 3.35. The molecule has 0 aromatic rings. The van der Waals surface area contributed by atoms with Crippen LogP contribution in [0.3, 0.4) is 0 Å². The Hall–Kier alpha value is -4.05. The topological polar surface area (TPSA) is 288 Å². The molecule has 0 aromatic carbocycles. The molecule has 1 aliphatic rings. The van der Waals surface area contributed by atoms with E-state index in [4.69, 9.17) is 24.4 Å². The molecule has 1 heterocycles. The minimum absolute atomic E-state index is 0.0406. The lowest BCUT2D eigenvalue weighted by Gasteiger charge is -2.32. The lowest BCUT2D eigenvalue weighted by atomic mass is 9.95. The molecule has 1 fully saturated rings. The molecule has 0 unspecified atom stereocenters. The van der Waals surface area contributed by atoms with Gasteiger partial charge in [-0.3, -0.25) is 38.3 Å². The highest BCUT2D eigenvalue weighted by Gasteiger charge is 2.30. The summed E-state index contributed by atoms with van der Waals surface area (Å²) in [5.41, 5.74) is 0. The number of hydrogen-bond donors (Lipinski definition) is 9. The number of hydrogen-bond acceptors (Lipinski definition) is 13. The van der Waals surface area contributed by atoms with Crippen LogP contribution in [0.5, 0.6) is 0 Å². The van der Waals surface area contributed by atoms with Crippen molar-refractivity contribution >= 4 is 60.3 Å². The molecule has 20 nitrogen and oxygen atoms in total. The van der Waals surface area contributed by atoms with Crippen LogP contribution < -0.4 is 26.0 Å². The molecule has 0 bridgehead atoms. The lowest BCUT2D eigenvalue weighted by molar-refractivity contribution is -0.143. The summed E-state index contributed by atoms with van der Waals surface area (Å²) >= 11 is 3.79. The minimum Gasteiger partial charge on any atom is -0.481 e. The van der Waals surface area contributed by atoms with Crippen LogP contribution in [0.25, 0.3) is 0 Å². The number of nitrogens with one attached hydrogen (secondary N) is 5. The number of carboxylic acids is 3. The molecule has 416 valence electrons. The number of carbonyl (C=O) groups is 8. The Morgan fingerprint density at radius 2 is 0.861 bits per heavy atom. The molecule has 0 saturated carbocycles. The Kier molecular flexibility index (Phi) is 41.7. The predicted octanol–water partition coefficient (Wildman–Crippen LogP) is 5.70. The maximum atomic E-state index is 13.0. The third-order valence-electron chi connectivity index (χ3n) is 12.6. The third kappa shape index (κ3) is 38.6. The van der Waals surface area contributed by atoms with Crippen LogP contribution in [0.4, 0.5) is 0 Å². The number of carbonyl (C=O) groups excluding carboxylic acids is 5. The van der Waals surface area contributed by atoms with Gasteiger partial charge >= 0.3 is 17.9 Å². The van der Waals surface area contributed by atoms with Gasteiger partial charge in [0.05, 0.1) is 26.4 Å². The van der Waals surface area contributed by atoms with E-state index in [2.05, 4.69) is 38.8 Å². The van der Waals surface area contributed by atoms with E-state index in [9.17, 15) is 43.5 Å². The first-order chi connectivity index (χ1) is 34.8. The number of aliphatic carboxylic acids is 3. The van der Waals surface area contributed by atoms with Crippen molar-refractivity contribution in [2.75, 3.05) is 72.4 Å². The van der Waals surface area contributed by atoms with Gasteiger partial charge in [-0.1, -0.05) is 103 Å². The number of amides is 5. The summed E-state index contributed by atoms with van der Waals surface area (Å²) < 4.78 is 19.0. The van der Waals surface area contributed by atoms with Crippen molar-refractivity contribution in [1.82, 2.24) is 30.9 Å². The van der Waals surface area contributed by atoms with Crippen LogP contribution >= 0.6 is 12.8 Å². The number of rotatable bonds is 49. The van der Waals surface area contributed by atoms with Gasteiger partial charge in [0.2, 0.25) is 29.5 Å². The van der Waals surface area contributed by atoms with Crippen LogP contribution in [0.15, 0.2) is 0 Å². The summed E-state index contributed by atoms with van der Waals surface area (Å²) in [5.74, 6) is -4.29. The zero-order chi connectivity index (χ0) is 52.9. The van der Waals surface area contributed by atoms with E-state index in [0.717, 1.165) is 38.5 Å². The van der Waals surface area contributed by atoms with Gasteiger partial charge < -0.3 is 55.7 Å². The summed E-state index contributed by atoms with van der Waals surface area (Å²) in [6, 6.07) is -1.92. The molecule has 5 amide bonds. The number of carboxylic acid groups (broad SMARTS) is 3. The lowest BCUT2D eigenvalue weighted by Crippen LogP contribution is -2.47. The third-order valence-corrected chi connectivity index (χ3v) is 12.9. The smallest absolute Gasteiger partial charge is 0.326 e. The maximum Gasteiger partial charge on any atom is 0.326 e. The zero-order valence-corrected chi connectivity index (χ0v) is 44.1. The fraction of sp³-hybridized carbons (Fsp3) is 0.843. The molecule has 0 aliphatic carbocycles. The van der Waals surface area contributed by atoms with Crippen molar-refractivity contribution in [2.24, 2.45) is 5.92 Å². The van der Waals surface area contributed by atoms with Crippen LogP contribution in [0.2, 0.25) is 0 Å². The van der Waals surface area contributed by atoms with Crippen molar-refractivity contribution in [2.45, 2.75) is 198 Å². The van der Waals surface area contributed by atoms with Crippen molar-refractivity contribution in [3.63, 3.8) is 0 Å². The van der Waals surface area contributed by atoms with Gasteiger partial charge in [-0.25, -0.2) is 4.79 Å².